The molecule has 1 saturated carbocycles. The van der Waals surface area contributed by atoms with E-state index in [1.165, 1.54) is 4.68 Å². The summed E-state index contributed by atoms with van der Waals surface area (Å²) in [4.78, 5) is 55.9. The van der Waals surface area contributed by atoms with Gasteiger partial charge in [0.1, 0.15) is 11.7 Å². The van der Waals surface area contributed by atoms with E-state index < -0.39 is 17.9 Å². The van der Waals surface area contributed by atoms with Gasteiger partial charge in [-0.25, -0.2) is 0 Å². The van der Waals surface area contributed by atoms with Crippen molar-refractivity contribution < 1.29 is 24.3 Å². The first-order valence-corrected chi connectivity index (χ1v) is 17.4. The summed E-state index contributed by atoms with van der Waals surface area (Å²) in [5.41, 5.74) is 9.79. The number of anilines is 1. The van der Waals surface area contributed by atoms with Gasteiger partial charge in [0.15, 0.2) is 0 Å². The molecule has 12 heteroatoms. The zero-order valence-corrected chi connectivity index (χ0v) is 28.6. The third-order valence-corrected chi connectivity index (χ3v) is 9.86. The van der Waals surface area contributed by atoms with Crippen LogP contribution in [0, 0.1) is 5.92 Å². The molecule has 49 heavy (non-hydrogen) atoms. The zero-order valence-electron chi connectivity index (χ0n) is 28.6. The van der Waals surface area contributed by atoms with E-state index >= 15 is 0 Å². The number of benzene rings is 2. The van der Waals surface area contributed by atoms with E-state index in [9.17, 15) is 24.3 Å². The molecule has 2 aliphatic rings. The van der Waals surface area contributed by atoms with Crippen molar-refractivity contribution in [1.29, 1.82) is 0 Å². The summed E-state index contributed by atoms with van der Waals surface area (Å²) in [5, 5.41) is 20.2. The molecule has 1 aromatic heterocycles. The topological polar surface area (TPSA) is 163 Å². The second kappa shape index (κ2) is 16.7. The van der Waals surface area contributed by atoms with Crippen molar-refractivity contribution in [3.05, 3.63) is 82.7 Å². The van der Waals surface area contributed by atoms with Crippen molar-refractivity contribution in [2.75, 3.05) is 31.5 Å². The maximum absolute atomic E-state index is 13.8. The molecule has 5 N–H and O–H groups in total. The minimum Gasteiger partial charge on any atom is -0.392 e. The van der Waals surface area contributed by atoms with Crippen LogP contribution < -0.4 is 16.4 Å². The predicted molar refractivity (Wildman–Crippen MR) is 186 cm³/mol. The number of hydrogen-bond donors (Lipinski definition) is 4. The summed E-state index contributed by atoms with van der Waals surface area (Å²) in [5.74, 6) is -1.49. The monoisotopic (exact) mass is 671 g/mol. The average molecular weight is 672 g/mol. The number of hydrogen-bond acceptors (Lipinski definition) is 7. The van der Waals surface area contributed by atoms with Crippen LogP contribution >= 0.6 is 0 Å². The summed E-state index contributed by atoms with van der Waals surface area (Å²) < 4.78 is 1.43. The van der Waals surface area contributed by atoms with Gasteiger partial charge in [-0.3, -0.25) is 28.8 Å². The number of piperazine rings is 1. The SMILES string of the molecule is CCC(=O)N[C@H](Cc1ccc(NC(=O)[C@H](c2cc(C(N)=O)n(C)n2)C2CCCCC2)cc1)C(=O)N1CCN(Cc2ccccc2CO)CC1. The lowest BCUT2D eigenvalue weighted by Gasteiger charge is -2.36. The van der Waals surface area contributed by atoms with Gasteiger partial charge in [0.25, 0.3) is 5.91 Å². The molecule has 2 atom stereocenters. The van der Waals surface area contributed by atoms with E-state index in [0.717, 1.165) is 48.8 Å². The normalized spacial score (nSPS) is 16.9. The van der Waals surface area contributed by atoms with E-state index in [0.29, 0.717) is 50.5 Å². The number of aromatic nitrogens is 2. The largest absolute Gasteiger partial charge is 0.392 e. The van der Waals surface area contributed by atoms with E-state index in [1.54, 1.807) is 20.0 Å². The molecule has 0 radical (unpaired) electrons. The van der Waals surface area contributed by atoms with Crippen LogP contribution in [0.1, 0.15) is 84.2 Å². The van der Waals surface area contributed by atoms with Crippen LogP contribution in [0.15, 0.2) is 54.6 Å². The van der Waals surface area contributed by atoms with Gasteiger partial charge in [0.2, 0.25) is 17.7 Å². The number of carbonyl (C=O) groups is 4. The molecular formula is C37H49N7O5. The van der Waals surface area contributed by atoms with Gasteiger partial charge in [-0.2, -0.15) is 5.10 Å². The van der Waals surface area contributed by atoms with E-state index in [-0.39, 0.29) is 42.4 Å². The Morgan fingerprint density at radius 1 is 0.959 bits per heavy atom. The summed E-state index contributed by atoms with van der Waals surface area (Å²) in [7, 11) is 1.65. The highest BCUT2D eigenvalue weighted by Gasteiger charge is 2.34. The summed E-state index contributed by atoms with van der Waals surface area (Å²) in [6.45, 7) is 4.93. The van der Waals surface area contributed by atoms with Gasteiger partial charge in [0, 0.05) is 58.3 Å². The third kappa shape index (κ3) is 9.12. The lowest BCUT2D eigenvalue weighted by atomic mass is 9.78. The first-order chi connectivity index (χ1) is 23.7. The Balaban J connectivity index is 1.23. The van der Waals surface area contributed by atoms with Crippen LogP contribution in [-0.2, 0) is 41.0 Å². The lowest BCUT2D eigenvalue weighted by molar-refractivity contribution is -0.138. The molecule has 0 spiro atoms. The molecule has 2 fully saturated rings. The first-order valence-electron chi connectivity index (χ1n) is 17.4. The number of aryl methyl sites for hydroxylation is 1. The number of rotatable bonds is 13. The van der Waals surface area contributed by atoms with Crippen molar-refractivity contribution in [3.63, 3.8) is 0 Å². The summed E-state index contributed by atoms with van der Waals surface area (Å²) in [6, 6.07) is 16.1. The fourth-order valence-corrected chi connectivity index (χ4v) is 7.06. The molecule has 1 saturated heterocycles. The molecule has 0 bridgehead atoms. The van der Waals surface area contributed by atoms with Crippen molar-refractivity contribution in [2.24, 2.45) is 18.7 Å². The Labute approximate surface area is 288 Å². The highest BCUT2D eigenvalue weighted by atomic mass is 16.3. The van der Waals surface area contributed by atoms with Gasteiger partial charge in [-0.1, -0.05) is 62.6 Å². The van der Waals surface area contributed by atoms with Crippen LogP contribution in [0.2, 0.25) is 0 Å². The highest BCUT2D eigenvalue weighted by Crippen LogP contribution is 2.37. The van der Waals surface area contributed by atoms with Gasteiger partial charge in [0.05, 0.1) is 18.2 Å². The number of nitrogens with zero attached hydrogens (tertiary/aromatic N) is 4. The molecule has 5 rings (SSSR count). The van der Waals surface area contributed by atoms with E-state index in [1.807, 2.05) is 53.4 Å². The van der Waals surface area contributed by atoms with Crippen molar-refractivity contribution >= 4 is 29.3 Å². The standard InChI is InChI=1S/C37H49N7O5/c1-3-33(46)40-31(37(49)44-19-17-43(18-20-44)23-27-11-7-8-12-28(27)24-45)21-25-13-15-29(16-14-25)39-36(48)34(26-9-5-4-6-10-26)30-22-32(35(38)47)42(2)41-30/h7-8,11-16,22,26,31,34,45H,3-6,9-10,17-21,23-24H2,1-2H3,(H2,38,47)(H,39,48)(H,40,46)/t31-,34+/m1/s1. The highest BCUT2D eigenvalue weighted by molar-refractivity contribution is 5.97. The molecule has 1 aliphatic carbocycles. The van der Waals surface area contributed by atoms with Gasteiger partial charge in [-0.05, 0) is 53.6 Å². The third-order valence-electron chi connectivity index (χ3n) is 9.86. The maximum atomic E-state index is 13.8. The van der Waals surface area contributed by atoms with Crippen molar-refractivity contribution in [1.82, 2.24) is 24.9 Å². The molecule has 3 aromatic rings. The average Bonchev–Trinajstić information content (AvgIpc) is 3.50. The first kappa shape index (κ1) is 35.7. The molecule has 262 valence electrons. The van der Waals surface area contributed by atoms with Gasteiger partial charge < -0.3 is 26.4 Å². The van der Waals surface area contributed by atoms with Gasteiger partial charge >= 0.3 is 0 Å². The van der Waals surface area contributed by atoms with Crippen LogP contribution in [0.4, 0.5) is 5.69 Å². The van der Waals surface area contributed by atoms with Gasteiger partial charge in [-0.15, -0.1) is 0 Å². The fourth-order valence-electron chi connectivity index (χ4n) is 7.06. The molecule has 4 amide bonds. The number of nitrogens with one attached hydrogen (secondary N) is 2. The minimum atomic E-state index is -0.714. The van der Waals surface area contributed by atoms with Crippen LogP contribution in [-0.4, -0.2) is 80.5 Å². The Morgan fingerprint density at radius 3 is 2.24 bits per heavy atom. The quantitative estimate of drug-likeness (QED) is 0.217. The molecular weight excluding hydrogens is 622 g/mol. The number of aliphatic hydroxyl groups excluding tert-OH is 1. The Morgan fingerprint density at radius 2 is 1.63 bits per heavy atom. The van der Waals surface area contributed by atoms with E-state index in [4.69, 9.17) is 5.73 Å². The Bertz CT molecular complexity index is 1610. The molecule has 12 nitrogen and oxygen atoms in total. The summed E-state index contributed by atoms with van der Waals surface area (Å²) in [6.07, 6.45) is 5.63. The Hall–Kier alpha value is -4.55. The number of carbonyl (C=O) groups excluding carboxylic acids is 4. The number of amides is 4. The number of nitrogens with two attached hydrogens (primary N) is 1. The fraction of sp³-hybridized carbons (Fsp3) is 0.486. The van der Waals surface area contributed by atoms with E-state index in [2.05, 4.69) is 20.6 Å². The van der Waals surface area contributed by atoms with Crippen LogP contribution in [0.5, 0.6) is 0 Å². The Kier molecular flexibility index (Phi) is 12.2. The second-order valence-corrected chi connectivity index (χ2v) is 13.2. The molecule has 2 heterocycles. The lowest BCUT2D eigenvalue weighted by Crippen LogP contribution is -2.55. The predicted octanol–water partition coefficient (Wildman–Crippen LogP) is 3.10. The molecule has 0 unspecified atom stereocenters. The van der Waals surface area contributed by atoms with Crippen LogP contribution in [0.25, 0.3) is 0 Å². The maximum Gasteiger partial charge on any atom is 0.266 e. The summed E-state index contributed by atoms with van der Waals surface area (Å²) >= 11 is 0. The van der Waals surface area contributed by atoms with Crippen molar-refractivity contribution in [3.8, 4) is 0 Å². The molecule has 2 aromatic carbocycles. The van der Waals surface area contributed by atoms with Crippen molar-refractivity contribution in [2.45, 2.75) is 77.0 Å². The second-order valence-electron chi connectivity index (χ2n) is 13.2. The zero-order chi connectivity index (χ0) is 34.9. The molecule has 1 aliphatic heterocycles. The number of primary amides is 1. The van der Waals surface area contributed by atoms with Crippen LogP contribution in [0.3, 0.4) is 0 Å². The number of aliphatic hydroxyl groups is 1. The minimum absolute atomic E-state index is 0.00783. The smallest absolute Gasteiger partial charge is 0.266 e.